The van der Waals surface area contributed by atoms with Gasteiger partial charge in [-0.05, 0) is 37.3 Å². The first-order valence-corrected chi connectivity index (χ1v) is 7.24. The first-order valence-electron chi connectivity index (χ1n) is 7.24. The monoisotopic (exact) mass is 260 g/mol. The van der Waals surface area contributed by atoms with E-state index in [2.05, 4.69) is 6.92 Å². The van der Waals surface area contributed by atoms with Gasteiger partial charge >= 0.3 is 0 Å². The highest BCUT2D eigenvalue weighted by Crippen LogP contribution is 2.26. The third-order valence-corrected chi connectivity index (χ3v) is 4.31. The SMILES string of the molecule is CCC1CCN(C(=O)c2ccccc2C)C(CN)C1. The third kappa shape index (κ3) is 2.98. The van der Waals surface area contributed by atoms with Crippen LogP contribution in [0.5, 0.6) is 0 Å². The number of carbonyl (C=O) groups excluding carboxylic acids is 1. The van der Waals surface area contributed by atoms with Gasteiger partial charge in [-0.3, -0.25) is 4.79 Å². The minimum Gasteiger partial charge on any atom is -0.334 e. The summed E-state index contributed by atoms with van der Waals surface area (Å²) in [6.45, 7) is 5.61. The number of hydrogen-bond donors (Lipinski definition) is 1. The van der Waals surface area contributed by atoms with Gasteiger partial charge in [0.1, 0.15) is 0 Å². The highest BCUT2D eigenvalue weighted by molar-refractivity contribution is 5.95. The standard InChI is InChI=1S/C16H24N2O/c1-3-13-8-9-18(14(10-13)11-17)16(19)15-7-5-4-6-12(15)2/h4-7,13-14H,3,8-11,17H2,1-2H3. The summed E-state index contributed by atoms with van der Waals surface area (Å²) in [6, 6.07) is 8.00. The van der Waals surface area contributed by atoms with Gasteiger partial charge in [0.25, 0.3) is 5.91 Å². The van der Waals surface area contributed by atoms with E-state index in [1.165, 1.54) is 6.42 Å². The summed E-state index contributed by atoms with van der Waals surface area (Å²) in [5, 5.41) is 0. The molecule has 3 heteroatoms. The predicted molar refractivity (Wildman–Crippen MR) is 78.1 cm³/mol. The van der Waals surface area contributed by atoms with Crippen LogP contribution in [0.25, 0.3) is 0 Å². The Labute approximate surface area is 115 Å². The number of benzene rings is 1. The molecule has 1 aliphatic heterocycles. The molecule has 0 saturated carbocycles. The van der Waals surface area contributed by atoms with Gasteiger partial charge in [0.2, 0.25) is 0 Å². The van der Waals surface area contributed by atoms with E-state index in [0.29, 0.717) is 6.54 Å². The summed E-state index contributed by atoms with van der Waals surface area (Å²) in [5.41, 5.74) is 7.73. The van der Waals surface area contributed by atoms with Crippen molar-refractivity contribution in [3.63, 3.8) is 0 Å². The molecular formula is C16H24N2O. The Morgan fingerprint density at radius 2 is 2.16 bits per heavy atom. The van der Waals surface area contributed by atoms with E-state index in [9.17, 15) is 4.79 Å². The van der Waals surface area contributed by atoms with E-state index in [-0.39, 0.29) is 11.9 Å². The van der Waals surface area contributed by atoms with Crippen LogP contribution in [0.15, 0.2) is 24.3 Å². The lowest BCUT2D eigenvalue weighted by molar-refractivity contribution is 0.0558. The van der Waals surface area contributed by atoms with Crippen LogP contribution >= 0.6 is 0 Å². The molecule has 1 aromatic carbocycles. The quantitative estimate of drug-likeness (QED) is 0.908. The number of carbonyl (C=O) groups is 1. The van der Waals surface area contributed by atoms with E-state index in [4.69, 9.17) is 5.73 Å². The topological polar surface area (TPSA) is 46.3 Å². The Hall–Kier alpha value is -1.35. The molecule has 3 nitrogen and oxygen atoms in total. The summed E-state index contributed by atoms with van der Waals surface area (Å²) in [7, 11) is 0. The van der Waals surface area contributed by atoms with Crippen molar-refractivity contribution in [2.45, 2.75) is 39.2 Å². The first-order chi connectivity index (χ1) is 9.17. The molecular weight excluding hydrogens is 236 g/mol. The largest absolute Gasteiger partial charge is 0.334 e. The maximum atomic E-state index is 12.7. The van der Waals surface area contributed by atoms with Crippen LogP contribution < -0.4 is 5.73 Å². The number of hydrogen-bond acceptors (Lipinski definition) is 2. The van der Waals surface area contributed by atoms with Gasteiger partial charge in [0.05, 0.1) is 0 Å². The summed E-state index contributed by atoms with van der Waals surface area (Å²) >= 11 is 0. The van der Waals surface area contributed by atoms with Gasteiger partial charge in [0.15, 0.2) is 0 Å². The van der Waals surface area contributed by atoms with E-state index < -0.39 is 0 Å². The fraction of sp³-hybridized carbons (Fsp3) is 0.562. The number of rotatable bonds is 3. The van der Waals surface area contributed by atoms with Crippen molar-refractivity contribution < 1.29 is 4.79 Å². The first kappa shape index (κ1) is 14.1. The lowest BCUT2D eigenvalue weighted by atomic mass is 9.88. The minimum atomic E-state index is 0.142. The number of likely N-dealkylation sites (tertiary alicyclic amines) is 1. The van der Waals surface area contributed by atoms with E-state index in [1.54, 1.807) is 0 Å². The van der Waals surface area contributed by atoms with Crippen molar-refractivity contribution in [1.82, 2.24) is 4.90 Å². The number of nitrogens with zero attached hydrogens (tertiary/aromatic N) is 1. The minimum absolute atomic E-state index is 0.142. The van der Waals surface area contributed by atoms with Crippen molar-refractivity contribution >= 4 is 5.91 Å². The van der Waals surface area contributed by atoms with Crippen LogP contribution in [0.1, 0.15) is 42.1 Å². The zero-order chi connectivity index (χ0) is 13.8. The van der Waals surface area contributed by atoms with Gasteiger partial charge in [-0.1, -0.05) is 31.5 Å². The lowest BCUT2D eigenvalue weighted by Gasteiger charge is -2.39. The summed E-state index contributed by atoms with van der Waals surface area (Å²) in [4.78, 5) is 14.6. The number of amides is 1. The summed E-state index contributed by atoms with van der Waals surface area (Å²) in [5.74, 6) is 0.859. The zero-order valence-electron chi connectivity index (χ0n) is 11.9. The van der Waals surface area contributed by atoms with Gasteiger partial charge in [-0.2, -0.15) is 0 Å². The van der Waals surface area contributed by atoms with Crippen LogP contribution in [-0.4, -0.2) is 29.9 Å². The Morgan fingerprint density at radius 1 is 1.42 bits per heavy atom. The van der Waals surface area contributed by atoms with Crippen LogP contribution in [0, 0.1) is 12.8 Å². The smallest absolute Gasteiger partial charge is 0.254 e. The molecule has 1 amide bonds. The molecule has 1 saturated heterocycles. The second-order valence-electron chi connectivity index (χ2n) is 5.50. The molecule has 1 aromatic rings. The Morgan fingerprint density at radius 3 is 2.79 bits per heavy atom. The van der Waals surface area contributed by atoms with Crippen molar-refractivity contribution in [2.24, 2.45) is 11.7 Å². The van der Waals surface area contributed by atoms with Crippen molar-refractivity contribution in [2.75, 3.05) is 13.1 Å². The summed E-state index contributed by atoms with van der Waals surface area (Å²) in [6.07, 6.45) is 3.33. The molecule has 1 heterocycles. The summed E-state index contributed by atoms with van der Waals surface area (Å²) < 4.78 is 0. The highest BCUT2D eigenvalue weighted by atomic mass is 16.2. The fourth-order valence-corrected chi connectivity index (χ4v) is 2.96. The van der Waals surface area contributed by atoms with Gasteiger partial charge < -0.3 is 10.6 Å². The van der Waals surface area contributed by atoms with Gasteiger partial charge in [-0.25, -0.2) is 0 Å². The second-order valence-corrected chi connectivity index (χ2v) is 5.50. The Kier molecular flexibility index (Phi) is 4.59. The van der Waals surface area contributed by atoms with Gasteiger partial charge in [-0.15, -0.1) is 0 Å². The molecule has 2 rings (SSSR count). The lowest BCUT2D eigenvalue weighted by Crippen LogP contribution is -2.49. The number of aryl methyl sites for hydroxylation is 1. The van der Waals surface area contributed by atoms with Crippen molar-refractivity contribution in [3.05, 3.63) is 35.4 Å². The average Bonchev–Trinajstić information content (AvgIpc) is 2.46. The van der Waals surface area contributed by atoms with E-state index in [1.807, 2.05) is 36.1 Å². The van der Waals surface area contributed by atoms with E-state index >= 15 is 0 Å². The van der Waals surface area contributed by atoms with Crippen LogP contribution in [-0.2, 0) is 0 Å². The highest BCUT2D eigenvalue weighted by Gasteiger charge is 2.30. The third-order valence-electron chi connectivity index (χ3n) is 4.31. The van der Waals surface area contributed by atoms with Crippen molar-refractivity contribution in [3.8, 4) is 0 Å². The average molecular weight is 260 g/mol. The fourth-order valence-electron chi connectivity index (χ4n) is 2.96. The molecule has 0 spiro atoms. The molecule has 2 unspecified atom stereocenters. The molecule has 0 radical (unpaired) electrons. The molecule has 0 bridgehead atoms. The number of piperidine rings is 1. The normalized spacial score (nSPS) is 23.4. The predicted octanol–water partition coefficient (Wildman–Crippen LogP) is 2.58. The molecule has 19 heavy (non-hydrogen) atoms. The van der Waals surface area contributed by atoms with Crippen LogP contribution in [0.3, 0.4) is 0 Å². The molecule has 2 atom stereocenters. The van der Waals surface area contributed by atoms with E-state index in [0.717, 1.165) is 36.4 Å². The molecule has 1 fully saturated rings. The molecule has 0 aromatic heterocycles. The molecule has 0 aliphatic carbocycles. The Bertz CT molecular complexity index is 444. The molecule has 104 valence electrons. The maximum Gasteiger partial charge on any atom is 0.254 e. The van der Waals surface area contributed by atoms with Crippen LogP contribution in [0.2, 0.25) is 0 Å². The van der Waals surface area contributed by atoms with Gasteiger partial charge in [0, 0.05) is 24.7 Å². The Balaban J connectivity index is 2.17. The molecule has 1 aliphatic rings. The number of nitrogens with two attached hydrogens (primary N) is 1. The molecule has 2 N–H and O–H groups in total. The zero-order valence-corrected chi connectivity index (χ0v) is 11.9. The van der Waals surface area contributed by atoms with Crippen LogP contribution in [0.4, 0.5) is 0 Å². The second kappa shape index (κ2) is 6.20. The van der Waals surface area contributed by atoms with Crippen molar-refractivity contribution in [1.29, 1.82) is 0 Å². The maximum absolute atomic E-state index is 12.7.